The van der Waals surface area contributed by atoms with E-state index in [1.165, 1.54) is 6.08 Å². The molecule has 2 aliphatic rings. The van der Waals surface area contributed by atoms with Crippen LogP contribution in [0.4, 0.5) is 4.79 Å². The van der Waals surface area contributed by atoms with Gasteiger partial charge in [-0.2, -0.15) is 0 Å². The predicted octanol–water partition coefficient (Wildman–Crippen LogP) is 2.92. The van der Waals surface area contributed by atoms with Gasteiger partial charge in [-0.3, -0.25) is 14.9 Å². The number of likely N-dealkylation sites (tertiary alicyclic amines) is 1. The lowest BCUT2D eigenvalue weighted by Gasteiger charge is -2.22. The smallest absolute Gasteiger partial charge is 0.290 e. The zero-order chi connectivity index (χ0) is 16.3. The largest absolute Gasteiger partial charge is 0.371 e. The molecule has 116 valence electrons. The van der Waals surface area contributed by atoms with Crippen LogP contribution in [0.15, 0.2) is 52.4 Å². The highest BCUT2D eigenvalue weighted by Gasteiger charge is 2.27. The molecule has 22 heavy (non-hydrogen) atoms. The van der Waals surface area contributed by atoms with Crippen molar-refractivity contribution in [2.45, 2.75) is 13.3 Å². The van der Waals surface area contributed by atoms with Crippen LogP contribution in [0, 0.1) is 10.8 Å². The summed E-state index contributed by atoms with van der Waals surface area (Å²) in [7, 11) is 0. The highest BCUT2D eigenvalue weighted by molar-refractivity contribution is 8.18. The number of hydrogen-bond donors (Lipinski definition) is 1. The number of carbonyl (C=O) groups is 2. The molecule has 1 N–H and O–H groups in total. The van der Waals surface area contributed by atoms with Crippen LogP contribution in [0.2, 0.25) is 0 Å². The van der Waals surface area contributed by atoms with Gasteiger partial charge in [-0.05, 0) is 41.4 Å². The van der Waals surface area contributed by atoms with Gasteiger partial charge in [-0.15, -0.1) is 4.91 Å². The van der Waals surface area contributed by atoms with Crippen LogP contribution in [-0.4, -0.2) is 29.1 Å². The number of nitroso groups, excluding NO2 is 1. The van der Waals surface area contributed by atoms with E-state index in [1.54, 1.807) is 6.08 Å². The van der Waals surface area contributed by atoms with Gasteiger partial charge in [0.1, 0.15) is 5.70 Å². The first-order valence-corrected chi connectivity index (χ1v) is 7.65. The molecule has 1 unspecified atom stereocenters. The van der Waals surface area contributed by atoms with E-state index in [0.717, 1.165) is 31.3 Å². The Balaban J connectivity index is 2.29. The molecule has 0 aromatic rings. The third-order valence-corrected chi connectivity index (χ3v) is 4.32. The second-order valence-electron chi connectivity index (χ2n) is 5.32. The first-order valence-electron chi connectivity index (χ1n) is 6.83. The second kappa shape index (κ2) is 6.74. The molecule has 0 spiro atoms. The summed E-state index contributed by atoms with van der Waals surface area (Å²) < 4.78 is 0. The van der Waals surface area contributed by atoms with Crippen molar-refractivity contribution in [3.63, 3.8) is 0 Å². The fourth-order valence-electron chi connectivity index (χ4n) is 2.34. The molecule has 0 bridgehead atoms. The molecule has 0 aromatic carbocycles. The van der Waals surface area contributed by atoms with E-state index < -0.39 is 11.1 Å². The van der Waals surface area contributed by atoms with E-state index in [1.807, 2.05) is 0 Å². The number of thioether (sulfide) groups is 1. The van der Waals surface area contributed by atoms with Gasteiger partial charge < -0.3 is 4.90 Å². The molecular weight excluding hydrogens is 302 g/mol. The number of carbonyl (C=O) groups excluding carboxylic acids is 2. The highest BCUT2D eigenvalue weighted by atomic mass is 32.2. The molecule has 0 aromatic heterocycles. The highest BCUT2D eigenvalue weighted by Crippen LogP contribution is 2.29. The van der Waals surface area contributed by atoms with E-state index >= 15 is 0 Å². The zero-order valence-corrected chi connectivity index (χ0v) is 13.1. The van der Waals surface area contributed by atoms with Gasteiger partial charge >= 0.3 is 0 Å². The van der Waals surface area contributed by atoms with Crippen molar-refractivity contribution in [2.24, 2.45) is 11.1 Å². The molecule has 6 nitrogen and oxygen atoms in total. The number of allylic oxidation sites excluding steroid dienone is 2. The van der Waals surface area contributed by atoms with Gasteiger partial charge in [-0.25, -0.2) is 0 Å². The van der Waals surface area contributed by atoms with Crippen molar-refractivity contribution in [1.82, 2.24) is 10.2 Å². The zero-order valence-electron chi connectivity index (χ0n) is 12.3. The van der Waals surface area contributed by atoms with Crippen LogP contribution >= 0.6 is 11.8 Å². The first kappa shape index (κ1) is 16.2. The summed E-state index contributed by atoms with van der Waals surface area (Å²) >= 11 is 0.820. The number of amides is 2. The van der Waals surface area contributed by atoms with E-state index in [4.69, 9.17) is 0 Å². The van der Waals surface area contributed by atoms with Gasteiger partial charge in [0.15, 0.2) is 0 Å². The molecule has 2 fully saturated rings. The number of rotatable bonds is 5. The number of nitrogens with zero attached hydrogens (tertiary/aromatic N) is 2. The normalized spacial score (nSPS) is 23.9. The Morgan fingerprint density at radius 1 is 1.45 bits per heavy atom. The number of hydrogen-bond acceptors (Lipinski definition) is 6. The summed E-state index contributed by atoms with van der Waals surface area (Å²) in [6, 6.07) is 0. The minimum Gasteiger partial charge on any atom is -0.371 e. The van der Waals surface area contributed by atoms with Crippen molar-refractivity contribution in [2.75, 3.05) is 13.1 Å². The lowest BCUT2D eigenvalue weighted by atomic mass is 10.1. The molecule has 0 aliphatic carbocycles. The Hall–Kier alpha value is -2.15. The number of nitrogens with one attached hydrogen (secondary N) is 1. The molecule has 0 saturated carbocycles. The molecule has 2 saturated heterocycles. The molecule has 2 rings (SSSR count). The molecule has 7 heteroatoms. The van der Waals surface area contributed by atoms with Crippen LogP contribution in [0.5, 0.6) is 0 Å². The van der Waals surface area contributed by atoms with Crippen LogP contribution in [0.3, 0.4) is 0 Å². The van der Waals surface area contributed by atoms with Gasteiger partial charge in [0.05, 0.1) is 4.91 Å². The molecular formula is C15H17N3O3S. The van der Waals surface area contributed by atoms with Crippen molar-refractivity contribution in [3.8, 4) is 0 Å². The average Bonchev–Trinajstić information content (AvgIpc) is 3.03. The summed E-state index contributed by atoms with van der Waals surface area (Å²) in [6.07, 6.45) is 4.08. The fraction of sp³-hybridized carbons (Fsp3) is 0.333. The predicted molar refractivity (Wildman–Crippen MR) is 86.7 cm³/mol. The van der Waals surface area contributed by atoms with Crippen molar-refractivity contribution in [1.29, 1.82) is 0 Å². The van der Waals surface area contributed by atoms with Gasteiger partial charge in [0, 0.05) is 24.4 Å². The Labute approximate surface area is 133 Å². The topological polar surface area (TPSA) is 78.8 Å². The summed E-state index contributed by atoms with van der Waals surface area (Å²) in [5, 5.41) is 4.56. The van der Waals surface area contributed by atoms with Crippen LogP contribution < -0.4 is 5.32 Å². The Morgan fingerprint density at radius 2 is 2.18 bits per heavy atom. The average molecular weight is 319 g/mol. The first-order chi connectivity index (χ1) is 10.4. The maximum absolute atomic E-state index is 11.7. The van der Waals surface area contributed by atoms with Crippen LogP contribution in [-0.2, 0) is 4.79 Å². The summed E-state index contributed by atoms with van der Waals surface area (Å²) in [5.41, 5.74) is 1.29. The number of imide groups is 1. The molecule has 1 atom stereocenters. The van der Waals surface area contributed by atoms with E-state index in [2.05, 4.69) is 35.5 Å². The fourth-order valence-corrected chi connectivity index (χ4v) is 3.01. The molecule has 2 aliphatic heterocycles. The lowest BCUT2D eigenvalue weighted by molar-refractivity contribution is -0.115. The Kier molecular flexibility index (Phi) is 4.97. The van der Waals surface area contributed by atoms with Gasteiger partial charge in [0.25, 0.3) is 11.1 Å². The van der Waals surface area contributed by atoms with E-state index in [-0.39, 0.29) is 10.6 Å². The third-order valence-electron chi connectivity index (χ3n) is 3.51. The van der Waals surface area contributed by atoms with Crippen molar-refractivity contribution >= 4 is 22.9 Å². The molecule has 2 amide bonds. The maximum Gasteiger partial charge on any atom is 0.290 e. The summed E-state index contributed by atoms with van der Waals surface area (Å²) in [4.78, 5) is 35.9. The lowest BCUT2D eigenvalue weighted by Crippen LogP contribution is -2.20. The van der Waals surface area contributed by atoms with Gasteiger partial charge in [-0.1, -0.05) is 20.1 Å². The molecule has 2 heterocycles. The van der Waals surface area contributed by atoms with Crippen molar-refractivity contribution < 1.29 is 9.59 Å². The van der Waals surface area contributed by atoms with Crippen LogP contribution in [0.25, 0.3) is 0 Å². The molecule has 0 radical (unpaired) electrons. The van der Waals surface area contributed by atoms with Gasteiger partial charge in [0.2, 0.25) is 0 Å². The third kappa shape index (κ3) is 3.73. The summed E-state index contributed by atoms with van der Waals surface area (Å²) in [5.74, 6) is 0.108. The van der Waals surface area contributed by atoms with Crippen LogP contribution in [0.1, 0.15) is 13.3 Å². The minimum absolute atomic E-state index is 0.0370. The quantitative estimate of drug-likeness (QED) is 0.479. The standard InChI is InChI=1S/C15H17N3O3S/c1-9-4-5-18(8-9)11(3)12(6-10(2)17-21)7-13-14(19)16-15(20)22-13/h6-7,9H,2-5,8H2,1H3,(H,16,19,20). The van der Waals surface area contributed by atoms with E-state index in [9.17, 15) is 14.5 Å². The summed E-state index contributed by atoms with van der Waals surface area (Å²) in [6.45, 7) is 11.4. The Bertz CT molecular complexity index is 622. The minimum atomic E-state index is -0.451. The van der Waals surface area contributed by atoms with Crippen molar-refractivity contribution in [3.05, 3.63) is 52.1 Å². The van der Waals surface area contributed by atoms with E-state index in [0.29, 0.717) is 17.2 Å². The second-order valence-corrected chi connectivity index (χ2v) is 6.34. The maximum atomic E-state index is 11.7. The SMILES string of the molecule is C=C(C=C(C=C1SC(=O)NC1=O)C(=C)N1CCC(C)C1)N=O. The Morgan fingerprint density at radius 3 is 2.68 bits per heavy atom. The monoisotopic (exact) mass is 319 g/mol.